The van der Waals surface area contributed by atoms with Crippen LogP contribution in [0.3, 0.4) is 0 Å². The summed E-state index contributed by atoms with van der Waals surface area (Å²) in [7, 11) is 0. The first-order chi connectivity index (χ1) is 4.88. The number of hydrogen-bond acceptors (Lipinski definition) is 4. The number of quaternary nitrogens is 1. The molecule has 0 unspecified atom stereocenters. The first-order valence-electron chi connectivity index (χ1n) is 2.71. The van der Waals surface area contributed by atoms with Gasteiger partial charge in [0.15, 0.2) is 0 Å². The van der Waals surface area contributed by atoms with E-state index in [1.807, 2.05) is 5.48 Å². The predicted octanol–water partition coefficient (Wildman–Crippen LogP) is 2.26. The van der Waals surface area contributed by atoms with Crippen molar-refractivity contribution in [1.82, 2.24) is 6.15 Å². The van der Waals surface area contributed by atoms with E-state index < -0.39 is 0 Å². The normalized spacial score (nSPS) is 8.09. The van der Waals surface area contributed by atoms with Crippen LogP contribution in [0.1, 0.15) is 0 Å². The molecule has 0 spiro atoms. The molecule has 1 aromatic rings. The van der Waals surface area contributed by atoms with Crippen LogP contribution in [0.25, 0.3) is 0 Å². The van der Waals surface area contributed by atoms with Gasteiger partial charge in [0.25, 0.3) is 0 Å². The molecule has 0 aromatic heterocycles. The van der Waals surface area contributed by atoms with Crippen LogP contribution in [-0.2, 0) is 0 Å². The maximum atomic E-state index is 9.99. The molecule has 0 aliphatic heterocycles. The maximum Gasteiger partial charge on any atom is 0.133 e. The number of rotatable bonds is 2. The third-order valence-corrected chi connectivity index (χ3v) is 1.12. The molecule has 0 bridgehead atoms. The van der Waals surface area contributed by atoms with Crippen molar-refractivity contribution < 1.29 is 5.21 Å². The monoisotopic (exact) mass is 156 g/mol. The number of nitrogens with one attached hydrogen (secondary N) is 1. The Kier molecular flexibility index (Phi) is 3.79. The van der Waals surface area contributed by atoms with E-state index in [1.54, 1.807) is 18.2 Å². The Hall–Kier alpha value is -1.46. The average Bonchev–Trinajstić information content (AvgIpc) is 2.04. The Morgan fingerprint density at radius 3 is 2.45 bits per heavy atom. The minimum atomic E-state index is 0. The van der Waals surface area contributed by atoms with Crippen LogP contribution in [0.4, 0.5) is 11.4 Å². The van der Waals surface area contributed by atoms with Gasteiger partial charge < -0.3 is 6.15 Å². The van der Waals surface area contributed by atoms with Gasteiger partial charge in [-0.05, 0) is 17.3 Å². The maximum absolute atomic E-state index is 9.99. The van der Waals surface area contributed by atoms with Crippen LogP contribution in [0, 0.1) is 4.91 Å². The van der Waals surface area contributed by atoms with Gasteiger partial charge in [-0.3, -0.25) is 10.7 Å². The highest BCUT2D eigenvalue weighted by atomic mass is 16.5. The van der Waals surface area contributed by atoms with Crippen LogP contribution in [0.2, 0.25) is 0 Å². The average molecular weight is 156 g/mol. The molecule has 0 aliphatic rings. The Balaban J connectivity index is 0.000001000. The Labute approximate surface area is 63.6 Å². The lowest BCUT2D eigenvalue weighted by molar-refractivity contribution is 0.389. The van der Waals surface area contributed by atoms with Crippen LogP contribution >= 0.6 is 0 Å². The second-order valence-electron chi connectivity index (χ2n) is 1.72. The van der Waals surface area contributed by atoms with Crippen molar-refractivity contribution in [1.29, 1.82) is 0 Å². The Morgan fingerprint density at radius 1 is 1.36 bits per heavy atom. The number of hydrogen-bond donors (Lipinski definition) is 3. The van der Waals surface area contributed by atoms with Gasteiger partial charge in [-0.2, -0.15) is 0 Å². The predicted molar refractivity (Wildman–Crippen MR) is 43.3 cm³/mol. The molecule has 1 aromatic carbocycles. The van der Waals surface area contributed by atoms with Gasteiger partial charge in [-0.25, -0.2) is 0 Å². The van der Waals surface area contributed by atoms with E-state index in [4.69, 9.17) is 5.21 Å². The first-order valence-corrected chi connectivity index (χ1v) is 2.71. The zero-order valence-electron chi connectivity index (χ0n) is 6.11. The molecule has 6 N–H and O–H groups in total. The van der Waals surface area contributed by atoms with E-state index >= 15 is 0 Å². The summed E-state index contributed by atoms with van der Waals surface area (Å²) in [6.45, 7) is 0. The van der Waals surface area contributed by atoms with Crippen molar-refractivity contribution in [3.05, 3.63) is 29.2 Å². The molecular formula is C6H10N3O2+. The summed E-state index contributed by atoms with van der Waals surface area (Å²) in [6.07, 6.45) is 0. The highest BCUT2D eigenvalue weighted by molar-refractivity contribution is 5.63. The molecule has 5 nitrogen and oxygen atoms in total. The van der Waals surface area contributed by atoms with E-state index in [2.05, 4.69) is 5.18 Å². The van der Waals surface area contributed by atoms with Crippen molar-refractivity contribution in [3.63, 3.8) is 0 Å². The molecular weight excluding hydrogens is 146 g/mol. The zero-order valence-corrected chi connectivity index (χ0v) is 6.11. The van der Waals surface area contributed by atoms with Crippen LogP contribution in [0.5, 0.6) is 0 Å². The van der Waals surface area contributed by atoms with Gasteiger partial charge in [0, 0.05) is 0 Å². The van der Waals surface area contributed by atoms with Crippen LogP contribution in [0.15, 0.2) is 29.4 Å². The number of nitroso groups, excluding NO2 is 1. The van der Waals surface area contributed by atoms with E-state index in [1.165, 1.54) is 6.07 Å². The van der Waals surface area contributed by atoms with E-state index in [0.717, 1.165) is 0 Å². The van der Waals surface area contributed by atoms with Gasteiger partial charge in [-0.15, -0.1) is 4.91 Å². The third kappa shape index (κ3) is 1.99. The standard InChI is InChI=1S/C6H6N2O2.H3N/c9-7-5-3-1-2-4-6(5)8-10;/h1-4,7,9H;1H3/p+1. The molecule has 5 heteroatoms. The van der Waals surface area contributed by atoms with Gasteiger partial charge in [0.2, 0.25) is 0 Å². The van der Waals surface area contributed by atoms with E-state index in [0.29, 0.717) is 5.69 Å². The Bertz CT molecular complexity index is 239. The highest BCUT2D eigenvalue weighted by Crippen LogP contribution is 2.22. The summed E-state index contributed by atoms with van der Waals surface area (Å²) in [5.74, 6) is 0. The topological polar surface area (TPSA) is 98.2 Å². The summed E-state index contributed by atoms with van der Waals surface area (Å²) < 4.78 is 0. The SMILES string of the molecule is O=Nc1ccccc1NO.[NH4+]. The van der Waals surface area contributed by atoms with Gasteiger partial charge in [0.1, 0.15) is 5.69 Å². The lowest BCUT2D eigenvalue weighted by Crippen LogP contribution is -1.87. The number of para-hydroxylation sites is 1. The zero-order chi connectivity index (χ0) is 7.40. The molecule has 1 rings (SSSR count). The van der Waals surface area contributed by atoms with Gasteiger partial charge in [0.05, 0.1) is 5.69 Å². The van der Waals surface area contributed by atoms with Gasteiger partial charge in [-0.1, -0.05) is 12.1 Å². The summed E-state index contributed by atoms with van der Waals surface area (Å²) in [4.78, 5) is 9.99. The van der Waals surface area contributed by atoms with Crippen LogP contribution in [-0.4, -0.2) is 5.21 Å². The number of benzene rings is 1. The first kappa shape index (κ1) is 9.54. The lowest BCUT2D eigenvalue weighted by Gasteiger charge is -1.97. The smallest absolute Gasteiger partial charge is 0.133 e. The van der Waals surface area contributed by atoms with Crippen molar-refractivity contribution in [2.45, 2.75) is 0 Å². The number of nitrogens with zero attached hydrogens (tertiary/aromatic N) is 1. The minimum absolute atomic E-state index is 0. The van der Waals surface area contributed by atoms with Crippen molar-refractivity contribution >= 4 is 11.4 Å². The molecule has 60 valence electrons. The minimum Gasteiger partial charge on any atom is -0.369 e. The molecule has 0 saturated carbocycles. The molecule has 0 amide bonds. The van der Waals surface area contributed by atoms with Crippen molar-refractivity contribution in [2.75, 3.05) is 5.48 Å². The van der Waals surface area contributed by atoms with Crippen molar-refractivity contribution in [2.24, 2.45) is 5.18 Å². The van der Waals surface area contributed by atoms with Crippen molar-refractivity contribution in [3.8, 4) is 0 Å². The Morgan fingerprint density at radius 2 is 2.00 bits per heavy atom. The second kappa shape index (κ2) is 4.37. The van der Waals surface area contributed by atoms with E-state index in [-0.39, 0.29) is 11.8 Å². The molecule has 0 atom stereocenters. The lowest BCUT2D eigenvalue weighted by atomic mass is 10.3. The van der Waals surface area contributed by atoms with Gasteiger partial charge >= 0.3 is 0 Å². The fraction of sp³-hybridized carbons (Fsp3) is 0. The quantitative estimate of drug-likeness (QED) is 0.452. The fourth-order valence-electron chi connectivity index (χ4n) is 0.648. The molecule has 0 heterocycles. The highest BCUT2D eigenvalue weighted by Gasteiger charge is 1.96. The summed E-state index contributed by atoms with van der Waals surface area (Å²) in [5.41, 5.74) is 2.37. The molecule has 0 saturated heterocycles. The molecule has 0 aliphatic carbocycles. The fourth-order valence-corrected chi connectivity index (χ4v) is 0.648. The summed E-state index contributed by atoms with van der Waals surface area (Å²) >= 11 is 0. The number of anilines is 1. The third-order valence-electron chi connectivity index (χ3n) is 1.12. The molecule has 0 fully saturated rings. The molecule has 11 heavy (non-hydrogen) atoms. The summed E-state index contributed by atoms with van der Waals surface area (Å²) in [5, 5.41) is 11.1. The largest absolute Gasteiger partial charge is 0.369 e. The van der Waals surface area contributed by atoms with E-state index in [9.17, 15) is 4.91 Å². The summed E-state index contributed by atoms with van der Waals surface area (Å²) in [6, 6.07) is 6.41. The molecule has 0 radical (unpaired) electrons. The van der Waals surface area contributed by atoms with Crippen LogP contribution < -0.4 is 11.6 Å². The second-order valence-corrected chi connectivity index (χ2v) is 1.72.